The second-order valence-electron chi connectivity index (χ2n) is 8.00. The standard InChI is InChI=1S/C19H21N5OS/c1-19(2,3)14-9-22-18(26-14)16-12-8-11-4-5-13(25-11)17(12)24(23-16)15-10-20-6-7-21-15/h6-7,9-11,13H,4-5,8H2,1-3H3. The SMILES string of the molecule is CC(C)(C)c1cnc(-c2nn(-c3cnccn3)c3c2CC2CCC3O2)s1. The van der Waals surface area contributed by atoms with Crippen LogP contribution >= 0.6 is 11.3 Å². The summed E-state index contributed by atoms with van der Waals surface area (Å²) in [5.74, 6) is 0.733. The van der Waals surface area contributed by atoms with Gasteiger partial charge in [0.2, 0.25) is 0 Å². The number of ether oxygens (including phenoxy) is 1. The molecule has 5 rings (SSSR count). The van der Waals surface area contributed by atoms with Gasteiger partial charge < -0.3 is 4.74 Å². The van der Waals surface area contributed by atoms with E-state index in [4.69, 9.17) is 14.8 Å². The van der Waals surface area contributed by atoms with E-state index in [-0.39, 0.29) is 11.5 Å². The molecule has 6 nitrogen and oxygen atoms in total. The molecule has 26 heavy (non-hydrogen) atoms. The third kappa shape index (κ3) is 2.49. The Kier molecular flexibility index (Phi) is 3.52. The van der Waals surface area contributed by atoms with E-state index in [0.717, 1.165) is 41.5 Å². The van der Waals surface area contributed by atoms with Crippen LogP contribution in [-0.2, 0) is 16.6 Å². The van der Waals surface area contributed by atoms with Gasteiger partial charge in [0.05, 0.1) is 18.0 Å². The molecule has 0 aliphatic carbocycles. The molecule has 0 aromatic carbocycles. The van der Waals surface area contributed by atoms with E-state index in [1.54, 1.807) is 29.9 Å². The average Bonchev–Trinajstić information content (AvgIpc) is 3.33. The summed E-state index contributed by atoms with van der Waals surface area (Å²) in [5, 5.41) is 5.91. The summed E-state index contributed by atoms with van der Waals surface area (Å²) in [6, 6.07) is 0. The van der Waals surface area contributed by atoms with Crippen LogP contribution in [0.15, 0.2) is 24.8 Å². The summed E-state index contributed by atoms with van der Waals surface area (Å²) in [5.41, 5.74) is 3.46. The molecule has 2 aliphatic rings. The molecular formula is C19H21N5OS. The Morgan fingerprint density at radius 3 is 2.77 bits per heavy atom. The van der Waals surface area contributed by atoms with Crippen LogP contribution in [0, 0.1) is 0 Å². The number of fused-ring (bicyclic) bond motifs is 4. The molecular weight excluding hydrogens is 346 g/mol. The van der Waals surface area contributed by atoms with Crippen LogP contribution in [-0.4, -0.2) is 30.8 Å². The molecule has 0 N–H and O–H groups in total. The molecule has 5 heterocycles. The van der Waals surface area contributed by atoms with Crippen molar-refractivity contribution in [1.29, 1.82) is 0 Å². The lowest BCUT2D eigenvalue weighted by Crippen LogP contribution is -2.19. The third-order valence-electron chi connectivity index (χ3n) is 5.08. The zero-order valence-electron chi connectivity index (χ0n) is 15.1. The number of hydrogen-bond donors (Lipinski definition) is 0. The summed E-state index contributed by atoms with van der Waals surface area (Å²) < 4.78 is 8.09. The van der Waals surface area contributed by atoms with Gasteiger partial charge in [-0.05, 0) is 18.3 Å². The van der Waals surface area contributed by atoms with Crippen molar-refractivity contribution in [3.05, 3.63) is 40.9 Å². The molecule has 2 atom stereocenters. The number of hydrogen-bond acceptors (Lipinski definition) is 6. The van der Waals surface area contributed by atoms with Gasteiger partial charge in [-0.3, -0.25) is 4.98 Å². The maximum absolute atomic E-state index is 6.17. The molecule has 2 bridgehead atoms. The first-order valence-electron chi connectivity index (χ1n) is 9.01. The van der Waals surface area contributed by atoms with Gasteiger partial charge in [-0.25, -0.2) is 14.6 Å². The van der Waals surface area contributed by atoms with Gasteiger partial charge in [0, 0.05) is 35.5 Å². The Morgan fingerprint density at radius 2 is 2.04 bits per heavy atom. The lowest BCUT2D eigenvalue weighted by atomic mass is 9.96. The van der Waals surface area contributed by atoms with Gasteiger partial charge >= 0.3 is 0 Å². The molecule has 0 saturated carbocycles. The molecule has 0 spiro atoms. The predicted octanol–water partition coefficient (Wildman–Crippen LogP) is 3.86. The first kappa shape index (κ1) is 16.1. The second-order valence-corrected chi connectivity index (χ2v) is 9.03. The van der Waals surface area contributed by atoms with Crippen LogP contribution < -0.4 is 0 Å². The molecule has 1 saturated heterocycles. The minimum Gasteiger partial charge on any atom is -0.368 e. The number of aromatic nitrogens is 5. The topological polar surface area (TPSA) is 65.7 Å². The Bertz CT molecular complexity index is 956. The zero-order chi connectivity index (χ0) is 17.9. The van der Waals surface area contributed by atoms with E-state index in [1.807, 2.05) is 10.9 Å². The Hall–Kier alpha value is -2.12. The Labute approximate surface area is 156 Å². The number of nitrogens with zero attached hydrogens (tertiary/aromatic N) is 5. The van der Waals surface area contributed by atoms with Gasteiger partial charge in [-0.2, -0.15) is 5.10 Å². The highest BCUT2D eigenvalue weighted by Gasteiger charge is 2.40. The highest BCUT2D eigenvalue weighted by Crippen LogP contribution is 2.45. The van der Waals surface area contributed by atoms with E-state index >= 15 is 0 Å². The summed E-state index contributed by atoms with van der Waals surface area (Å²) in [6.07, 6.45) is 10.5. The Morgan fingerprint density at radius 1 is 1.15 bits per heavy atom. The lowest BCUT2D eigenvalue weighted by Gasteiger charge is -2.22. The zero-order valence-corrected chi connectivity index (χ0v) is 16.0. The van der Waals surface area contributed by atoms with Crippen molar-refractivity contribution in [2.45, 2.75) is 57.7 Å². The predicted molar refractivity (Wildman–Crippen MR) is 99.5 cm³/mol. The van der Waals surface area contributed by atoms with E-state index in [1.165, 1.54) is 10.4 Å². The second kappa shape index (κ2) is 5.69. The minimum absolute atomic E-state index is 0.0889. The van der Waals surface area contributed by atoms with Crippen molar-refractivity contribution < 1.29 is 4.74 Å². The van der Waals surface area contributed by atoms with Crippen LogP contribution in [0.3, 0.4) is 0 Å². The average molecular weight is 367 g/mol. The lowest BCUT2D eigenvalue weighted by molar-refractivity contribution is 0.0287. The van der Waals surface area contributed by atoms with Crippen molar-refractivity contribution in [3.8, 4) is 16.5 Å². The van der Waals surface area contributed by atoms with Crippen molar-refractivity contribution in [2.75, 3.05) is 0 Å². The van der Waals surface area contributed by atoms with Crippen molar-refractivity contribution >= 4 is 11.3 Å². The highest BCUT2D eigenvalue weighted by atomic mass is 32.1. The molecule has 1 fully saturated rings. The first-order valence-corrected chi connectivity index (χ1v) is 9.82. The maximum atomic E-state index is 6.17. The fraction of sp³-hybridized carbons (Fsp3) is 0.474. The highest BCUT2D eigenvalue weighted by molar-refractivity contribution is 7.15. The molecule has 134 valence electrons. The maximum Gasteiger partial charge on any atom is 0.172 e. The van der Waals surface area contributed by atoms with Crippen LogP contribution in [0.5, 0.6) is 0 Å². The van der Waals surface area contributed by atoms with Gasteiger partial charge in [-0.15, -0.1) is 11.3 Å². The van der Waals surface area contributed by atoms with E-state index < -0.39 is 0 Å². The van der Waals surface area contributed by atoms with Crippen LogP contribution in [0.2, 0.25) is 0 Å². The summed E-state index contributed by atoms with van der Waals surface area (Å²) in [6.45, 7) is 6.64. The fourth-order valence-corrected chi connectivity index (χ4v) is 4.74. The van der Waals surface area contributed by atoms with E-state index in [2.05, 4.69) is 30.7 Å². The van der Waals surface area contributed by atoms with Gasteiger partial charge in [-0.1, -0.05) is 20.8 Å². The van der Waals surface area contributed by atoms with E-state index in [9.17, 15) is 0 Å². The quantitative estimate of drug-likeness (QED) is 0.688. The molecule has 3 aromatic rings. The third-order valence-corrected chi connectivity index (χ3v) is 6.51. The normalized spacial score (nSPS) is 21.8. The van der Waals surface area contributed by atoms with Gasteiger partial charge in [0.15, 0.2) is 5.82 Å². The van der Waals surface area contributed by atoms with Gasteiger partial charge in [0.25, 0.3) is 0 Å². The number of thiazole rings is 1. The summed E-state index contributed by atoms with van der Waals surface area (Å²) >= 11 is 1.73. The molecule has 0 amide bonds. The van der Waals surface area contributed by atoms with Gasteiger partial charge in [0.1, 0.15) is 16.8 Å². The van der Waals surface area contributed by atoms with Crippen molar-refractivity contribution in [3.63, 3.8) is 0 Å². The van der Waals surface area contributed by atoms with Crippen molar-refractivity contribution in [2.24, 2.45) is 0 Å². The molecule has 3 aromatic heterocycles. The van der Waals surface area contributed by atoms with Crippen LogP contribution in [0.4, 0.5) is 0 Å². The molecule has 7 heteroatoms. The Balaban J connectivity index is 1.69. The number of rotatable bonds is 2. The summed E-state index contributed by atoms with van der Waals surface area (Å²) in [7, 11) is 0. The van der Waals surface area contributed by atoms with E-state index in [0.29, 0.717) is 6.10 Å². The molecule has 0 radical (unpaired) electrons. The van der Waals surface area contributed by atoms with Crippen LogP contribution in [0.25, 0.3) is 16.5 Å². The molecule has 2 unspecified atom stereocenters. The fourth-order valence-electron chi connectivity index (χ4n) is 3.76. The molecule has 2 aliphatic heterocycles. The van der Waals surface area contributed by atoms with Crippen molar-refractivity contribution in [1.82, 2.24) is 24.7 Å². The minimum atomic E-state index is 0.0889. The first-order chi connectivity index (χ1) is 12.5. The van der Waals surface area contributed by atoms with Crippen LogP contribution in [0.1, 0.15) is 55.9 Å². The monoisotopic (exact) mass is 367 g/mol. The smallest absolute Gasteiger partial charge is 0.172 e. The summed E-state index contributed by atoms with van der Waals surface area (Å²) in [4.78, 5) is 14.6. The largest absolute Gasteiger partial charge is 0.368 e.